The molecule has 1 heterocycles. The minimum Gasteiger partial charge on any atom is -0.494 e. The standard InChI is InChI=1S/C17H24N2O2/c1-4-13(3)19-10-9-15(18-19)12-17(20)14-7-6-8-16(11-14)21-5-2/h6-11,13,17,20H,4-5,12H2,1-3H3. The summed E-state index contributed by atoms with van der Waals surface area (Å²) in [5.74, 6) is 0.791. The Morgan fingerprint density at radius 2 is 2.10 bits per heavy atom. The van der Waals surface area contributed by atoms with Crippen molar-refractivity contribution in [1.82, 2.24) is 9.78 Å². The normalized spacial score (nSPS) is 13.9. The monoisotopic (exact) mass is 288 g/mol. The van der Waals surface area contributed by atoms with Crippen molar-refractivity contribution in [2.75, 3.05) is 6.61 Å². The van der Waals surface area contributed by atoms with E-state index >= 15 is 0 Å². The van der Waals surface area contributed by atoms with Gasteiger partial charge in [-0.25, -0.2) is 0 Å². The zero-order valence-corrected chi connectivity index (χ0v) is 13.0. The number of hydrogen-bond acceptors (Lipinski definition) is 3. The number of benzene rings is 1. The Kier molecular flexibility index (Phi) is 5.39. The van der Waals surface area contributed by atoms with Crippen LogP contribution in [0, 0.1) is 0 Å². The Labute approximate surface area is 126 Å². The quantitative estimate of drug-likeness (QED) is 0.848. The second-order valence-corrected chi connectivity index (χ2v) is 5.27. The molecule has 2 unspecified atom stereocenters. The van der Waals surface area contributed by atoms with Crippen LogP contribution in [-0.2, 0) is 6.42 Å². The summed E-state index contributed by atoms with van der Waals surface area (Å²) in [5.41, 5.74) is 1.77. The summed E-state index contributed by atoms with van der Waals surface area (Å²) in [4.78, 5) is 0. The van der Waals surface area contributed by atoms with E-state index in [2.05, 4.69) is 18.9 Å². The van der Waals surface area contributed by atoms with Gasteiger partial charge in [-0.05, 0) is 44.0 Å². The van der Waals surface area contributed by atoms with Crippen molar-refractivity contribution in [3.05, 3.63) is 47.8 Å². The topological polar surface area (TPSA) is 47.3 Å². The zero-order chi connectivity index (χ0) is 15.2. The molecule has 1 aromatic carbocycles. The van der Waals surface area contributed by atoms with Crippen LogP contribution >= 0.6 is 0 Å². The summed E-state index contributed by atoms with van der Waals surface area (Å²) in [6.07, 6.45) is 2.97. The van der Waals surface area contributed by atoms with Crippen LogP contribution in [0.25, 0.3) is 0 Å². The van der Waals surface area contributed by atoms with Gasteiger partial charge in [0.05, 0.1) is 18.4 Å². The molecule has 21 heavy (non-hydrogen) atoms. The first kappa shape index (κ1) is 15.6. The van der Waals surface area contributed by atoms with Crippen LogP contribution in [0.1, 0.15) is 50.6 Å². The van der Waals surface area contributed by atoms with E-state index in [1.54, 1.807) is 0 Å². The van der Waals surface area contributed by atoms with Gasteiger partial charge in [0.25, 0.3) is 0 Å². The van der Waals surface area contributed by atoms with Gasteiger partial charge in [0.1, 0.15) is 5.75 Å². The van der Waals surface area contributed by atoms with Gasteiger partial charge in [0.2, 0.25) is 0 Å². The van der Waals surface area contributed by atoms with Gasteiger partial charge in [-0.2, -0.15) is 5.10 Å². The Bertz CT molecular complexity index is 565. The average Bonchev–Trinajstić information content (AvgIpc) is 2.95. The van der Waals surface area contributed by atoms with Crippen molar-refractivity contribution in [3.63, 3.8) is 0 Å². The molecule has 0 radical (unpaired) electrons. The van der Waals surface area contributed by atoms with Crippen molar-refractivity contribution in [1.29, 1.82) is 0 Å². The van der Waals surface area contributed by atoms with E-state index in [4.69, 9.17) is 4.74 Å². The van der Waals surface area contributed by atoms with Crippen LogP contribution < -0.4 is 4.74 Å². The third-order valence-electron chi connectivity index (χ3n) is 3.66. The molecule has 0 aliphatic carbocycles. The molecule has 1 aromatic heterocycles. The highest BCUT2D eigenvalue weighted by Gasteiger charge is 2.12. The minimum absolute atomic E-state index is 0.386. The van der Waals surface area contributed by atoms with Crippen LogP contribution in [0.5, 0.6) is 5.75 Å². The molecular weight excluding hydrogens is 264 g/mol. The summed E-state index contributed by atoms with van der Waals surface area (Å²) < 4.78 is 7.42. The fourth-order valence-electron chi connectivity index (χ4n) is 2.21. The molecule has 0 aliphatic heterocycles. The average molecular weight is 288 g/mol. The maximum absolute atomic E-state index is 10.4. The fraction of sp³-hybridized carbons (Fsp3) is 0.471. The number of rotatable bonds is 7. The van der Waals surface area contributed by atoms with E-state index in [0.29, 0.717) is 19.1 Å². The summed E-state index contributed by atoms with van der Waals surface area (Å²) in [5, 5.41) is 14.9. The van der Waals surface area contributed by atoms with Gasteiger partial charge >= 0.3 is 0 Å². The van der Waals surface area contributed by atoms with E-state index in [9.17, 15) is 5.11 Å². The Morgan fingerprint density at radius 3 is 2.81 bits per heavy atom. The SMILES string of the molecule is CCOc1cccc(C(O)Cc2ccn(C(C)CC)n2)c1. The summed E-state index contributed by atoms with van der Waals surface area (Å²) in [7, 11) is 0. The number of nitrogens with zero attached hydrogens (tertiary/aromatic N) is 2. The van der Waals surface area contributed by atoms with Gasteiger partial charge < -0.3 is 9.84 Å². The van der Waals surface area contributed by atoms with E-state index < -0.39 is 6.10 Å². The third kappa shape index (κ3) is 4.08. The molecule has 0 fully saturated rings. The fourth-order valence-corrected chi connectivity index (χ4v) is 2.21. The van der Waals surface area contributed by atoms with Gasteiger partial charge in [0.15, 0.2) is 0 Å². The molecule has 0 spiro atoms. The Hall–Kier alpha value is -1.81. The number of aromatic nitrogens is 2. The lowest BCUT2D eigenvalue weighted by Gasteiger charge is -2.12. The molecule has 2 atom stereocenters. The van der Waals surface area contributed by atoms with Crippen molar-refractivity contribution < 1.29 is 9.84 Å². The molecule has 0 saturated carbocycles. The number of aliphatic hydroxyl groups excluding tert-OH is 1. The second kappa shape index (κ2) is 7.27. The van der Waals surface area contributed by atoms with Crippen molar-refractivity contribution in [2.24, 2.45) is 0 Å². The predicted octanol–water partition coefficient (Wildman–Crippen LogP) is 3.53. The molecule has 2 aromatic rings. The molecule has 0 aliphatic rings. The number of aliphatic hydroxyl groups is 1. The minimum atomic E-state index is -0.564. The summed E-state index contributed by atoms with van der Waals surface area (Å²) in [6, 6.07) is 9.97. The molecular formula is C17H24N2O2. The highest BCUT2D eigenvalue weighted by Crippen LogP contribution is 2.22. The highest BCUT2D eigenvalue weighted by molar-refractivity contribution is 5.30. The van der Waals surface area contributed by atoms with Crippen LogP contribution in [0.15, 0.2) is 36.5 Å². The van der Waals surface area contributed by atoms with Crippen LogP contribution in [-0.4, -0.2) is 21.5 Å². The van der Waals surface area contributed by atoms with E-state index in [0.717, 1.165) is 23.4 Å². The lowest BCUT2D eigenvalue weighted by molar-refractivity contribution is 0.176. The lowest BCUT2D eigenvalue weighted by Crippen LogP contribution is -2.07. The molecule has 4 heteroatoms. The highest BCUT2D eigenvalue weighted by atomic mass is 16.5. The van der Waals surface area contributed by atoms with Crippen molar-refractivity contribution in [3.8, 4) is 5.75 Å². The zero-order valence-electron chi connectivity index (χ0n) is 13.0. The van der Waals surface area contributed by atoms with Crippen molar-refractivity contribution in [2.45, 2.75) is 45.8 Å². The van der Waals surface area contributed by atoms with E-state index in [-0.39, 0.29) is 0 Å². The summed E-state index contributed by atoms with van der Waals surface area (Å²) in [6.45, 7) is 6.85. The van der Waals surface area contributed by atoms with Gasteiger partial charge in [-0.3, -0.25) is 4.68 Å². The van der Waals surface area contributed by atoms with Crippen LogP contribution in [0.3, 0.4) is 0 Å². The first-order valence-electron chi connectivity index (χ1n) is 7.58. The van der Waals surface area contributed by atoms with Gasteiger partial charge in [-0.1, -0.05) is 19.1 Å². The van der Waals surface area contributed by atoms with E-state index in [1.165, 1.54) is 0 Å². The van der Waals surface area contributed by atoms with Gasteiger partial charge in [0, 0.05) is 18.7 Å². The maximum Gasteiger partial charge on any atom is 0.119 e. The van der Waals surface area contributed by atoms with Gasteiger partial charge in [-0.15, -0.1) is 0 Å². The van der Waals surface area contributed by atoms with Crippen molar-refractivity contribution >= 4 is 0 Å². The molecule has 0 bridgehead atoms. The molecule has 0 saturated heterocycles. The number of ether oxygens (including phenoxy) is 1. The molecule has 2 rings (SSSR count). The molecule has 114 valence electrons. The lowest BCUT2D eigenvalue weighted by atomic mass is 10.0. The maximum atomic E-state index is 10.4. The second-order valence-electron chi connectivity index (χ2n) is 5.27. The summed E-state index contributed by atoms with van der Waals surface area (Å²) >= 11 is 0. The number of hydrogen-bond donors (Lipinski definition) is 1. The molecule has 0 amide bonds. The largest absolute Gasteiger partial charge is 0.494 e. The Morgan fingerprint density at radius 1 is 1.29 bits per heavy atom. The first-order valence-corrected chi connectivity index (χ1v) is 7.58. The predicted molar refractivity (Wildman–Crippen MR) is 83.5 cm³/mol. The van der Waals surface area contributed by atoms with E-state index in [1.807, 2.05) is 48.1 Å². The smallest absolute Gasteiger partial charge is 0.119 e. The first-order chi connectivity index (χ1) is 10.1. The van der Waals surface area contributed by atoms with Crippen LogP contribution in [0.4, 0.5) is 0 Å². The molecule has 1 N–H and O–H groups in total. The molecule has 4 nitrogen and oxygen atoms in total. The third-order valence-corrected chi connectivity index (χ3v) is 3.66. The Balaban J connectivity index is 2.05. The van der Waals surface area contributed by atoms with Crippen LogP contribution in [0.2, 0.25) is 0 Å².